The number of hydrogen-bond acceptors (Lipinski definition) is 2. The molecule has 3 aromatic rings. The molecule has 1 atom stereocenters. The average Bonchev–Trinajstić information content (AvgIpc) is 3.16. The van der Waals surface area contributed by atoms with Gasteiger partial charge in [0.2, 0.25) is 5.91 Å². The predicted molar refractivity (Wildman–Crippen MR) is 104 cm³/mol. The zero-order valence-electron chi connectivity index (χ0n) is 15.6. The maximum Gasteiger partial charge on any atom is 0.416 e. The van der Waals surface area contributed by atoms with Gasteiger partial charge in [-0.15, -0.1) is 0 Å². The third-order valence-corrected chi connectivity index (χ3v) is 5.07. The molecule has 1 amide bonds. The number of carbonyl (C=O) groups excluding carboxylic acids is 1. The standard InChI is InChI=1S/C22H20F3N3O/c23-22(24,25)17-8-4-9-18(14-17)26-20(29)15-28-13-12-27-11-5-10-19(27)21(28)16-6-2-1-3-7-16/h1-11,14,21H,12-13,15H2,(H,26,29). The number of rotatable bonds is 4. The molecule has 0 fully saturated rings. The lowest BCUT2D eigenvalue weighted by Crippen LogP contribution is -2.42. The van der Waals surface area contributed by atoms with Crippen LogP contribution in [0.25, 0.3) is 0 Å². The lowest BCUT2D eigenvalue weighted by molar-refractivity contribution is -0.137. The highest BCUT2D eigenvalue weighted by molar-refractivity contribution is 5.92. The molecule has 1 aliphatic rings. The average molecular weight is 399 g/mol. The number of carbonyl (C=O) groups is 1. The van der Waals surface area contributed by atoms with Crippen LogP contribution in [0.5, 0.6) is 0 Å². The zero-order valence-corrected chi connectivity index (χ0v) is 15.6. The Morgan fingerprint density at radius 3 is 2.55 bits per heavy atom. The van der Waals surface area contributed by atoms with Crippen molar-refractivity contribution in [2.24, 2.45) is 0 Å². The number of nitrogens with one attached hydrogen (secondary N) is 1. The summed E-state index contributed by atoms with van der Waals surface area (Å²) < 4.78 is 40.9. The van der Waals surface area contributed by atoms with Crippen LogP contribution in [0.1, 0.15) is 22.9 Å². The maximum absolute atomic E-state index is 12.9. The van der Waals surface area contributed by atoms with Crippen LogP contribution in [-0.4, -0.2) is 28.5 Å². The van der Waals surface area contributed by atoms with Crippen molar-refractivity contribution in [2.75, 3.05) is 18.4 Å². The Bertz CT molecular complexity index is 998. The van der Waals surface area contributed by atoms with Gasteiger partial charge in [0.05, 0.1) is 18.2 Å². The summed E-state index contributed by atoms with van der Waals surface area (Å²) in [6.07, 6.45) is -2.43. The van der Waals surface area contributed by atoms with E-state index >= 15 is 0 Å². The summed E-state index contributed by atoms with van der Waals surface area (Å²) in [5.74, 6) is -0.342. The Morgan fingerprint density at radius 2 is 1.79 bits per heavy atom. The van der Waals surface area contributed by atoms with Crippen LogP contribution >= 0.6 is 0 Å². The van der Waals surface area contributed by atoms with Crippen LogP contribution in [0.15, 0.2) is 72.9 Å². The second kappa shape index (κ2) is 7.75. The zero-order chi connectivity index (χ0) is 20.4. The number of anilines is 1. The van der Waals surface area contributed by atoms with Crippen LogP contribution in [-0.2, 0) is 17.5 Å². The van der Waals surface area contributed by atoms with E-state index < -0.39 is 11.7 Å². The predicted octanol–water partition coefficient (Wildman–Crippen LogP) is 4.55. The van der Waals surface area contributed by atoms with Crippen molar-refractivity contribution in [1.29, 1.82) is 0 Å². The number of nitrogens with zero attached hydrogens (tertiary/aromatic N) is 2. The smallest absolute Gasteiger partial charge is 0.348 e. The Labute approximate surface area is 166 Å². The summed E-state index contributed by atoms with van der Waals surface area (Å²) in [7, 11) is 0. The van der Waals surface area contributed by atoms with Crippen LogP contribution in [0.3, 0.4) is 0 Å². The number of fused-ring (bicyclic) bond motifs is 1. The summed E-state index contributed by atoms with van der Waals surface area (Å²) in [5.41, 5.74) is 1.52. The first kappa shape index (κ1) is 19.3. The van der Waals surface area contributed by atoms with Gasteiger partial charge in [0.1, 0.15) is 0 Å². The van der Waals surface area contributed by atoms with E-state index in [-0.39, 0.29) is 24.2 Å². The van der Waals surface area contributed by atoms with Crippen LogP contribution in [0, 0.1) is 0 Å². The van der Waals surface area contributed by atoms with Gasteiger partial charge < -0.3 is 9.88 Å². The number of halogens is 3. The highest BCUT2D eigenvalue weighted by Crippen LogP contribution is 2.33. The molecule has 0 radical (unpaired) electrons. The van der Waals surface area contributed by atoms with E-state index in [0.29, 0.717) is 6.54 Å². The molecule has 0 bridgehead atoms. The second-order valence-corrected chi connectivity index (χ2v) is 7.04. The lowest BCUT2D eigenvalue weighted by atomic mass is 10.00. The third-order valence-electron chi connectivity index (χ3n) is 5.07. The second-order valence-electron chi connectivity index (χ2n) is 7.04. The van der Waals surface area contributed by atoms with Crippen molar-refractivity contribution in [3.05, 3.63) is 89.7 Å². The van der Waals surface area contributed by atoms with Gasteiger partial charge in [0.25, 0.3) is 0 Å². The van der Waals surface area contributed by atoms with Crippen molar-refractivity contribution in [1.82, 2.24) is 9.47 Å². The van der Waals surface area contributed by atoms with Gasteiger partial charge in [-0.3, -0.25) is 9.69 Å². The fraction of sp³-hybridized carbons (Fsp3) is 0.227. The molecular formula is C22H20F3N3O. The van der Waals surface area contributed by atoms with Gasteiger partial charge in [0.15, 0.2) is 0 Å². The molecule has 1 unspecified atom stereocenters. The molecule has 0 saturated carbocycles. The fourth-order valence-corrected chi connectivity index (χ4v) is 3.78. The summed E-state index contributed by atoms with van der Waals surface area (Å²) >= 11 is 0. The van der Waals surface area contributed by atoms with E-state index in [4.69, 9.17) is 0 Å². The van der Waals surface area contributed by atoms with E-state index in [1.54, 1.807) is 0 Å². The number of amides is 1. The molecule has 150 valence electrons. The highest BCUT2D eigenvalue weighted by atomic mass is 19.4. The largest absolute Gasteiger partial charge is 0.416 e. The molecule has 2 heterocycles. The van der Waals surface area contributed by atoms with Crippen molar-refractivity contribution in [2.45, 2.75) is 18.8 Å². The van der Waals surface area contributed by atoms with E-state index in [0.717, 1.165) is 29.9 Å². The Balaban J connectivity index is 1.53. The minimum atomic E-state index is -4.45. The van der Waals surface area contributed by atoms with Gasteiger partial charge in [-0.05, 0) is 35.9 Å². The molecule has 2 aromatic carbocycles. The molecule has 0 spiro atoms. The van der Waals surface area contributed by atoms with Crippen molar-refractivity contribution in [3.63, 3.8) is 0 Å². The summed E-state index contributed by atoms with van der Waals surface area (Å²) in [6, 6.07) is 18.5. The molecule has 0 saturated heterocycles. The number of alkyl halides is 3. The van der Waals surface area contributed by atoms with E-state index in [2.05, 4.69) is 9.88 Å². The van der Waals surface area contributed by atoms with E-state index in [9.17, 15) is 18.0 Å². The molecule has 1 aliphatic heterocycles. The molecule has 29 heavy (non-hydrogen) atoms. The highest BCUT2D eigenvalue weighted by Gasteiger charge is 2.31. The Hall–Kier alpha value is -3.06. The van der Waals surface area contributed by atoms with Crippen molar-refractivity contribution in [3.8, 4) is 0 Å². The maximum atomic E-state index is 12.9. The summed E-state index contributed by atoms with van der Waals surface area (Å²) in [4.78, 5) is 14.7. The molecule has 0 aliphatic carbocycles. The van der Waals surface area contributed by atoms with Gasteiger partial charge in [-0.1, -0.05) is 36.4 Å². The first-order valence-electron chi connectivity index (χ1n) is 9.33. The normalized spacial score (nSPS) is 17.0. The quantitative estimate of drug-likeness (QED) is 0.699. The SMILES string of the molecule is O=C(CN1CCn2cccc2C1c1ccccc1)Nc1cccc(C(F)(F)F)c1. The first-order valence-corrected chi connectivity index (χ1v) is 9.33. The fourth-order valence-electron chi connectivity index (χ4n) is 3.78. The summed E-state index contributed by atoms with van der Waals surface area (Å²) in [6.45, 7) is 1.50. The van der Waals surface area contributed by atoms with Gasteiger partial charge in [0, 0.05) is 30.7 Å². The van der Waals surface area contributed by atoms with E-state index in [1.807, 2.05) is 53.6 Å². The minimum Gasteiger partial charge on any atom is -0.348 e. The monoisotopic (exact) mass is 399 g/mol. The number of aromatic nitrogens is 1. The third kappa shape index (κ3) is 4.19. The van der Waals surface area contributed by atoms with Crippen LogP contribution < -0.4 is 5.32 Å². The van der Waals surface area contributed by atoms with Gasteiger partial charge in [-0.25, -0.2) is 0 Å². The van der Waals surface area contributed by atoms with Gasteiger partial charge >= 0.3 is 6.18 Å². The first-order chi connectivity index (χ1) is 13.9. The van der Waals surface area contributed by atoms with E-state index in [1.165, 1.54) is 12.1 Å². The molecule has 4 nitrogen and oxygen atoms in total. The Kier molecular flexibility index (Phi) is 5.15. The topological polar surface area (TPSA) is 37.3 Å². The minimum absolute atomic E-state index is 0.0843. The molecule has 4 rings (SSSR count). The molecule has 1 aromatic heterocycles. The Morgan fingerprint density at radius 1 is 1.00 bits per heavy atom. The molecule has 7 heteroatoms. The van der Waals surface area contributed by atoms with Crippen molar-refractivity contribution < 1.29 is 18.0 Å². The molecule has 1 N–H and O–H groups in total. The number of benzene rings is 2. The van der Waals surface area contributed by atoms with Crippen LogP contribution in [0.2, 0.25) is 0 Å². The molecular weight excluding hydrogens is 379 g/mol. The van der Waals surface area contributed by atoms with Crippen LogP contribution in [0.4, 0.5) is 18.9 Å². The summed E-state index contributed by atoms with van der Waals surface area (Å²) in [5, 5.41) is 2.60. The number of hydrogen-bond donors (Lipinski definition) is 1. The van der Waals surface area contributed by atoms with Gasteiger partial charge in [-0.2, -0.15) is 13.2 Å². The lowest BCUT2D eigenvalue weighted by Gasteiger charge is -2.36. The van der Waals surface area contributed by atoms with Crippen molar-refractivity contribution >= 4 is 11.6 Å².